The van der Waals surface area contributed by atoms with Gasteiger partial charge in [0.25, 0.3) is 0 Å². The third-order valence-electron chi connectivity index (χ3n) is 13.0. The van der Waals surface area contributed by atoms with Gasteiger partial charge in [0.05, 0.1) is 0 Å². The minimum absolute atomic E-state index is 0.0355. The molecule has 8 rings (SSSR count). The second-order valence-corrected chi connectivity index (χ2v) is 22.8. The number of sulfone groups is 1. The Morgan fingerprint density at radius 3 is 1.95 bits per heavy atom. The summed E-state index contributed by atoms with van der Waals surface area (Å²) in [6.45, 7) is 12.3. The molecular weight excluding hydrogens is 831 g/mol. The summed E-state index contributed by atoms with van der Waals surface area (Å²) in [6.07, 6.45) is 8.61. The molecule has 4 nitrogen and oxygen atoms in total. The Morgan fingerprint density at radius 1 is 0.710 bits per heavy atom. The first-order valence-corrected chi connectivity index (χ1v) is 25.2. The van der Waals surface area contributed by atoms with Crippen molar-refractivity contribution in [3.63, 3.8) is 0 Å². The second kappa shape index (κ2) is 14.8. The summed E-state index contributed by atoms with van der Waals surface area (Å²) >= 11 is 0. The fourth-order valence-electron chi connectivity index (χ4n) is 10.2. The van der Waals surface area contributed by atoms with Crippen LogP contribution in [0.25, 0.3) is 21.5 Å². The van der Waals surface area contributed by atoms with Crippen LogP contribution in [0.15, 0.2) is 154 Å². The molecule has 2 heterocycles. The molecule has 0 N–H and O–H groups in total. The molecule has 62 heavy (non-hydrogen) atoms. The topological polar surface area (TPSA) is 40.4 Å². The minimum Gasteiger partial charge on any atom is -0.0616 e. The molecule has 0 fully saturated rings. The first-order chi connectivity index (χ1) is 29.1. The molecule has 326 valence electrons. The van der Waals surface area contributed by atoms with E-state index >= 15 is 21.0 Å². The van der Waals surface area contributed by atoms with Gasteiger partial charge >= 0.3 is 265 Å². The molecule has 5 aromatic rings. The average molecular weight is 885 g/mol. The van der Waals surface area contributed by atoms with E-state index in [4.69, 9.17) is 0 Å². The molecule has 2 aliphatic heterocycles. The van der Waals surface area contributed by atoms with Crippen molar-refractivity contribution in [2.24, 2.45) is 0 Å². The van der Waals surface area contributed by atoms with Crippen LogP contribution in [-0.4, -0.2) is 31.0 Å². The van der Waals surface area contributed by atoms with Gasteiger partial charge < -0.3 is 0 Å². The van der Waals surface area contributed by atoms with Crippen LogP contribution in [0.1, 0.15) is 91.2 Å². The van der Waals surface area contributed by atoms with Crippen molar-refractivity contribution in [3.05, 3.63) is 160 Å². The number of fused-ring (bicyclic) bond motifs is 6. The number of halogens is 5. The van der Waals surface area contributed by atoms with Gasteiger partial charge in [0, 0.05) is 18.1 Å². The zero-order chi connectivity index (χ0) is 44.5. The Morgan fingerprint density at radius 2 is 1.32 bits per heavy atom. The van der Waals surface area contributed by atoms with Crippen LogP contribution < -0.4 is 4.90 Å². The van der Waals surface area contributed by atoms with Crippen LogP contribution in [0.3, 0.4) is 0 Å². The van der Waals surface area contributed by atoms with Crippen molar-refractivity contribution in [2.75, 3.05) is 11.4 Å². The molecular formula is C51H54F5N2O2PS. The molecule has 0 radical (unpaired) electrons. The van der Waals surface area contributed by atoms with E-state index in [1.807, 2.05) is 42.5 Å². The van der Waals surface area contributed by atoms with Crippen LogP contribution in [0.2, 0.25) is 0 Å². The number of allylic oxidation sites excluding steroid dienone is 7. The SMILES string of the molecule is CCCC[N+]1=C(/C=C/C2=C(S(=O)(=O)c3ccccc3)C(=C/C=C3\N(C(CCC)[P-](F)(F)(F)(F)F)c4ccc5ccccc5c4C3(C)C)/CC2)C(C)(C)c2c1ccc1ccccc21. The number of unbranched alkanes of at least 4 members (excludes halogenated alkanes) is 1. The predicted molar refractivity (Wildman–Crippen MR) is 247 cm³/mol. The van der Waals surface area contributed by atoms with Crippen LogP contribution in [0.5, 0.6) is 0 Å². The molecule has 1 atom stereocenters. The molecule has 11 heteroatoms. The molecule has 5 aromatic carbocycles. The van der Waals surface area contributed by atoms with Crippen molar-refractivity contribution in [3.8, 4) is 0 Å². The fourth-order valence-corrected chi connectivity index (χ4v) is 13.4. The molecule has 0 amide bonds. The van der Waals surface area contributed by atoms with Gasteiger partial charge in [-0.1, -0.05) is 37.6 Å². The summed E-state index contributed by atoms with van der Waals surface area (Å²) in [6, 6.07) is 31.2. The molecule has 3 aliphatic rings. The van der Waals surface area contributed by atoms with E-state index in [2.05, 4.69) is 49.6 Å². The molecule has 0 spiro atoms. The summed E-state index contributed by atoms with van der Waals surface area (Å²) in [4.78, 5) is 0.986. The van der Waals surface area contributed by atoms with E-state index in [1.54, 1.807) is 50.3 Å². The Labute approximate surface area is 361 Å². The summed E-state index contributed by atoms with van der Waals surface area (Å²) in [5.74, 6) is -3.05. The number of hydrogen-bond donors (Lipinski definition) is 0. The van der Waals surface area contributed by atoms with Crippen LogP contribution in [-0.2, 0) is 20.7 Å². The standard InChI is InChI=1S/C51H54F5N2O2PS/c1-7-9-34-57-42-30-26-35-18-13-15-22-40(35)47(42)50(3,4)44(57)32-28-37-24-25-38(49(37)62(59,60)39-20-11-10-12-21-39)29-33-45-51(5,6)48-41-23-16-14-19-36(41)27-31-43(48)58(45)46(17-8-2)61(52,53,54,55)56/h10-16,18-23,26-33,46H,7-9,17,24-25,34H2,1-6H3. The summed E-state index contributed by atoms with van der Waals surface area (Å²) in [7, 11) is -14.6. The number of hydrogen-bond acceptors (Lipinski definition) is 3. The number of nitrogens with zero attached hydrogens (tertiary/aromatic N) is 2. The van der Waals surface area contributed by atoms with Gasteiger partial charge in [0.1, 0.15) is 6.54 Å². The van der Waals surface area contributed by atoms with Crippen molar-refractivity contribution < 1.29 is 34.0 Å². The van der Waals surface area contributed by atoms with Gasteiger partial charge in [-0.15, -0.1) is 0 Å². The van der Waals surface area contributed by atoms with Crippen molar-refractivity contribution in [1.82, 2.24) is 0 Å². The van der Waals surface area contributed by atoms with Crippen molar-refractivity contribution in [1.29, 1.82) is 0 Å². The monoisotopic (exact) mass is 884 g/mol. The van der Waals surface area contributed by atoms with E-state index in [9.17, 15) is 8.42 Å². The minimum atomic E-state index is -10.4. The smallest absolute Gasteiger partial charge is 0.0616 e. The zero-order valence-corrected chi connectivity index (χ0v) is 37.8. The van der Waals surface area contributed by atoms with Crippen LogP contribution >= 0.6 is 7.50 Å². The molecule has 0 saturated heterocycles. The average Bonchev–Trinajstić information content (AvgIpc) is 3.81. The summed E-state index contributed by atoms with van der Waals surface area (Å²) in [5.41, 5.74) is 3.39. The van der Waals surface area contributed by atoms with E-state index < -0.39 is 40.4 Å². The number of anilines is 1. The fraction of sp³-hybridized carbons (Fsp3) is 0.314. The molecule has 1 unspecified atom stereocenters. The predicted octanol–water partition coefficient (Wildman–Crippen LogP) is 15.5. The van der Waals surface area contributed by atoms with Gasteiger partial charge in [0.15, 0.2) is 0 Å². The van der Waals surface area contributed by atoms with E-state index in [-0.39, 0.29) is 34.0 Å². The molecule has 0 aromatic heterocycles. The maximum atomic E-state index is 15.3. The Hall–Kier alpha value is -4.92. The van der Waals surface area contributed by atoms with Crippen molar-refractivity contribution >= 4 is 56.0 Å². The summed E-state index contributed by atoms with van der Waals surface area (Å²) in [5, 5.41) is 3.75. The number of benzene rings is 5. The van der Waals surface area contributed by atoms with Gasteiger partial charge in [-0.3, -0.25) is 0 Å². The normalized spacial score (nSPS) is 20.5. The quantitative estimate of drug-likeness (QED) is 0.0712. The number of rotatable bonds is 12. The Bertz CT molecular complexity index is 2910. The van der Waals surface area contributed by atoms with Gasteiger partial charge in [0.2, 0.25) is 5.69 Å². The van der Waals surface area contributed by atoms with Gasteiger partial charge in [-0.05, 0) is 30.7 Å². The van der Waals surface area contributed by atoms with E-state index in [1.165, 1.54) is 36.8 Å². The third-order valence-corrected chi connectivity index (χ3v) is 16.6. The van der Waals surface area contributed by atoms with Crippen molar-refractivity contribution in [2.45, 2.75) is 102 Å². The van der Waals surface area contributed by atoms with Crippen LogP contribution in [0.4, 0.5) is 32.4 Å². The zero-order valence-electron chi connectivity index (χ0n) is 36.1. The van der Waals surface area contributed by atoms with E-state index in [0.717, 1.165) is 51.8 Å². The molecule has 0 saturated carbocycles. The first kappa shape index (κ1) is 43.7. The third kappa shape index (κ3) is 7.45. The Balaban J connectivity index is 1.32. The van der Waals surface area contributed by atoms with E-state index in [0.29, 0.717) is 28.5 Å². The summed E-state index contributed by atoms with van der Waals surface area (Å²) < 4.78 is 109. The van der Waals surface area contributed by atoms with Gasteiger partial charge in [-0.25, -0.2) is 0 Å². The van der Waals surface area contributed by atoms with Gasteiger partial charge in [-0.2, -0.15) is 0 Å². The van der Waals surface area contributed by atoms with Crippen LogP contribution in [0, 0.1) is 0 Å². The maximum absolute atomic E-state index is 15.3. The molecule has 0 bridgehead atoms. The Kier molecular flexibility index (Phi) is 10.5. The second-order valence-electron chi connectivity index (χ2n) is 18.0. The first-order valence-electron chi connectivity index (χ1n) is 21.6. The molecule has 1 aliphatic carbocycles.